The Labute approximate surface area is 116 Å². The van der Waals surface area contributed by atoms with Crippen molar-refractivity contribution in [3.63, 3.8) is 0 Å². The lowest BCUT2D eigenvalue weighted by molar-refractivity contribution is -0.116. The number of nitrogens with zero attached hydrogens (tertiary/aromatic N) is 1. The molecule has 0 bridgehead atoms. The Morgan fingerprint density at radius 2 is 2.25 bits per heavy atom. The maximum Gasteiger partial charge on any atom is 0.224 e. The molecule has 0 aliphatic heterocycles. The molecule has 1 heterocycles. The van der Waals surface area contributed by atoms with E-state index in [1.807, 2.05) is 0 Å². The highest BCUT2D eigenvalue weighted by molar-refractivity contribution is 5.90. The normalized spacial score (nSPS) is 10.1. The molecule has 5 heteroatoms. The first-order valence-electron chi connectivity index (χ1n) is 6.21. The molecular weight excluding hydrogens is 259 g/mol. The summed E-state index contributed by atoms with van der Waals surface area (Å²) in [4.78, 5) is 15.6. The second kappa shape index (κ2) is 6.65. The highest BCUT2D eigenvalue weighted by atomic mass is 19.1. The second-order valence-corrected chi connectivity index (χ2v) is 4.26. The van der Waals surface area contributed by atoms with Gasteiger partial charge in [0, 0.05) is 12.6 Å². The molecule has 0 saturated heterocycles. The van der Waals surface area contributed by atoms with Gasteiger partial charge >= 0.3 is 0 Å². The lowest BCUT2D eigenvalue weighted by atomic mass is 10.1. The van der Waals surface area contributed by atoms with Crippen LogP contribution in [0.15, 0.2) is 42.7 Å². The van der Waals surface area contributed by atoms with Crippen LogP contribution < -0.4 is 10.1 Å². The van der Waals surface area contributed by atoms with Crippen LogP contribution in [0.25, 0.3) is 0 Å². The van der Waals surface area contributed by atoms with E-state index in [4.69, 9.17) is 4.74 Å². The molecule has 1 amide bonds. The van der Waals surface area contributed by atoms with Crippen molar-refractivity contribution in [2.45, 2.75) is 12.8 Å². The Morgan fingerprint density at radius 3 is 2.90 bits per heavy atom. The molecule has 4 nitrogen and oxygen atoms in total. The number of nitrogens with one attached hydrogen (secondary N) is 1. The predicted molar refractivity (Wildman–Crippen MR) is 74.1 cm³/mol. The fourth-order valence-electron chi connectivity index (χ4n) is 1.78. The van der Waals surface area contributed by atoms with Gasteiger partial charge in [0.2, 0.25) is 5.91 Å². The van der Waals surface area contributed by atoms with Gasteiger partial charge in [-0.15, -0.1) is 0 Å². The Balaban J connectivity index is 1.89. The summed E-state index contributed by atoms with van der Waals surface area (Å²) in [7, 11) is 1.42. The van der Waals surface area contributed by atoms with Crippen LogP contribution in [0.1, 0.15) is 12.0 Å². The van der Waals surface area contributed by atoms with Crippen molar-refractivity contribution >= 4 is 11.6 Å². The third kappa shape index (κ3) is 3.78. The molecule has 20 heavy (non-hydrogen) atoms. The summed E-state index contributed by atoms with van der Waals surface area (Å²) in [6, 6.07) is 8.20. The van der Waals surface area contributed by atoms with Gasteiger partial charge in [-0.3, -0.25) is 9.78 Å². The Morgan fingerprint density at radius 1 is 1.40 bits per heavy atom. The van der Waals surface area contributed by atoms with E-state index in [9.17, 15) is 9.18 Å². The lowest BCUT2D eigenvalue weighted by Gasteiger charge is -2.06. The lowest BCUT2D eigenvalue weighted by Crippen LogP contribution is -2.12. The number of rotatable bonds is 5. The Hall–Kier alpha value is -2.43. The number of anilines is 1. The summed E-state index contributed by atoms with van der Waals surface area (Å²) in [5.41, 5.74) is 1.41. The predicted octanol–water partition coefficient (Wildman–Crippen LogP) is 2.80. The highest BCUT2D eigenvalue weighted by Crippen LogP contribution is 2.18. The fraction of sp³-hybridized carbons (Fsp3) is 0.200. The van der Waals surface area contributed by atoms with Crippen LogP contribution in [0.5, 0.6) is 5.75 Å². The van der Waals surface area contributed by atoms with Crippen molar-refractivity contribution in [1.29, 1.82) is 0 Å². The number of carbonyl (C=O) groups is 1. The standard InChI is InChI=1S/C15H15FN2O2/c1-20-14-6-4-11(9-13(14)16)5-7-15(19)18-12-3-2-8-17-10-12/h2-4,6,8-10H,5,7H2,1H3,(H,18,19). The molecule has 1 aromatic heterocycles. The minimum atomic E-state index is -0.419. The van der Waals surface area contributed by atoms with E-state index in [-0.39, 0.29) is 18.1 Å². The molecule has 0 fully saturated rings. The number of pyridine rings is 1. The van der Waals surface area contributed by atoms with Crippen molar-refractivity contribution in [3.05, 3.63) is 54.1 Å². The maximum atomic E-state index is 13.5. The molecule has 2 rings (SSSR count). The molecule has 104 valence electrons. The molecule has 0 saturated carbocycles. The monoisotopic (exact) mass is 274 g/mol. The number of hydrogen-bond donors (Lipinski definition) is 1. The molecule has 2 aromatic rings. The number of aryl methyl sites for hydroxylation is 1. The van der Waals surface area contributed by atoms with Crippen LogP contribution in [-0.2, 0) is 11.2 Å². The van der Waals surface area contributed by atoms with Crippen molar-refractivity contribution in [2.75, 3.05) is 12.4 Å². The average molecular weight is 274 g/mol. The van der Waals surface area contributed by atoms with Crippen LogP contribution in [0.2, 0.25) is 0 Å². The SMILES string of the molecule is COc1ccc(CCC(=O)Nc2cccnc2)cc1F. The number of methoxy groups -OCH3 is 1. The third-order valence-corrected chi connectivity index (χ3v) is 2.80. The summed E-state index contributed by atoms with van der Waals surface area (Å²) in [6.45, 7) is 0. The van der Waals surface area contributed by atoms with Gasteiger partial charge < -0.3 is 10.1 Å². The summed E-state index contributed by atoms with van der Waals surface area (Å²) < 4.78 is 18.3. The number of benzene rings is 1. The van der Waals surface area contributed by atoms with Gasteiger partial charge in [-0.05, 0) is 36.2 Å². The van der Waals surface area contributed by atoms with Crippen molar-refractivity contribution in [2.24, 2.45) is 0 Å². The molecule has 0 unspecified atom stereocenters. The van der Waals surface area contributed by atoms with Crippen molar-refractivity contribution in [3.8, 4) is 5.75 Å². The van der Waals surface area contributed by atoms with Crippen molar-refractivity contribution < 1.29 is 13.9 Å². The number of halogens is 1. The van der Waals surface area contributed by atoms with Gasteiger partial charge in [0.1, 0.15) is 0 Å². The van der Waals surface area contributed by atoms with Crippen molar-refractivity contribution in [1.82, 2.24) is 4.98 Å². The fourth-order valence-corrected chi connectivity index (χ4v) is 1.78. The Kier molecular flexibility index (Phi) is 4.65. The first-order chi connectivity index (χ1) is 9.69. The van der Waals surface area contributed by atoms with Crippen LogP contribution in [-0.4, -0.2) is 18.0 Å². The summed E-state index contributed by atoms with van der Waals surface area (Å²) >= 11 is 0. The number of hydrogen-bond acceptors (Lipinski definition) is 3. The number of carbonyl (C=O) groups excluding carboxylic acids is 1. The largest absolute Gasteiger partial charge is 0.494 e. The summed E-state index contributed by atoms with van der Waals surface area (Å²) in [6.07, 6.45) is 3.95. The number of aromatic nitrogens is 1. The van der Waals surface area contributed by atoms with E-state index in [0.717, 1.165) is 5.56 Å². The minimum Gasteiger partial charge on any atom is -0.494 e. The van der Waals surface area contributed by atoms with Gasteiger partial charge in [0.25, 0.3) is 0 Å². The maximum absolute atomic E-state index is 13.5. The summed E-state index contributed by atoms with van der Waals surface area (Å²) in [5.74, 6) is -0.347. The topological polar surface area (TPSA) is 51.2 Å². The molecule has 0 radical (unpaired) electrons. The average Bonchev–Trinajstić information content (AvgIpc) is 2.46. The van der Waals surface area contributed by atoms with Gasteiger partial charge in [-0.2, -0.15) is 0 Å². The molecule has 0 aliphatic rings. The molecular formula is C15H15FN2O2. The molecule has 1 N–H and O–H groups in total. The zero-order chi connectivity index (χ0) is 14.4. The van der Waals surface area contributed by atoms with Crippen LogP contribution in [0, 0.1) is 5.82 Å². The van der Waals surface area contributed by atoms with Gasteiger partial charge in [-0.1, -0.05) is 6.07 Å². The smallest absolute Gasteiger partial charge is 0.224 e. The third-order valence-electron chi connectivity index (χ3n) is 2.80. The van der Waals surface area contributed by atoms with Crippen LogP contribution in [0.3, 0.4) is 0 Å². The molecule has 1 aromatic carbocycles. The van der Waals surface area contributed by atoms with E-state index in [2.05, 4.69) is 10.3 Å². The van der Waals surface area contributed by atoms with Crippen LogP contribution >= 0.6 is 0 Å². The van der Waals surface area contributed by atoms with E-state index in [1.165, 1.54) is 13.2 Å². The zero-order valence-electron chi connectivity index (χ0n) is 11.1. The number of ether oxygens (including phenoxy) is 1. The van der Waals surface area contributed by atoms with E-state index in [0.29, 0.717) is 12.1 Å². The van der Waals surface area contributed by atoms with E-state index in [1.54, 1.807) is 36.7 Å². The number of amides is 1. The van der Waals surface area contributed by atoms with Gasteiger partial charge in [-0.25, -0.2) is 4.39 Å². The van der Waals surface area contributed by atoms with Gasteiger partial charge in [0.15, 0.2) is 11.6 Å². The first kappa shape index (κ1) is 14.0. The second-order valence-electron chi connectivity index (χ2n) is 4.26. The van der Waals surface area contributed by atoms with Gasteiger partial charge in [0.05, 0.1) is 19.0 Å². The molecule has 0 aliphatic carbocycles. The molecule has 0 spiro atoms. The minimum absolute atomic E-state index is 0.130. The zero-order valence-corrected chi connectivity index (χ0v) is 11.1. The van der Waals surface area contributed by atoms with E-state index >= 15 is 0 Å². The van der Waals surface area contributed by atoms with Crippen LogP contribution in [0.4, 0.5) is 10.1 Å². The molecule has 0 atom stereocenters. The Bertz CT molecular complexity index is 588. The highest BCUT2D eigenvalue weighted by Gasteiger charge is 2.06. The first-order valence-corrected chi connectivity index (χ1v) is 6.21. The quantitative estimate of drug-likeness (QED) is 0.912. The van der Waals surface area contributed by atoms with E-state index < -0.39 is 5.82 Å². The summed E-state index contributed by atoms with van der Waals surface area (Å²) in [5, 5.41) is 2.73.